The highest BCUT2D eigenvalue weighted by Gasteiger charge is 2.24. The van der Waals surface area contributed by atoms with Gasteiger partial charge >= 0.3 is 6.03 Å². The molecular weight excluding hydrogens is 508 g/mol. The Balaban J connectivity index is 1.49. The first kappa shape index (κ1) is 28.3. The summed E-state index contributed by atoms with van der Waals surface area (Å²) >= 11 is 0. The number of urea groups is 1. The maximum absolute atomic E-state index is 13.3. The molecule has 1 heterocycles. The molecule has 4 rings (SSSR count). The summed E-state index contributed by atoms with van der Waals surface area (Å²) in [5.74, 6) is 0.615. The number of hydrogen-bond donors (Lipinski definition) is 3. The minimum Gasteiger partial charge on any atom is -0.495 e. The van der Waals surface area contributed by atoms with Crippen molar-refractivity contribution in [2.45, 2.75) is 6.42 Å². The maximum Gasteiger partial charge on any atom is 0.323 e. The Morgan fingerprint density at radius 3 is 2.27 bits per heavy atom. The number of piperazine rings is 1. The van der Waals surface area contributed by atoms with Crippen molar-refractivity contribution in [1.29, 1.82) is 5.26 Å². The number of nitriles is 1. The minimum atomic E-state index is -0.472. The molecule has 1 aliphatic heterocycles. The second-order valence-electron chi connectivity index (χ2n) is 9.25. The second-order valence-corrected chi connectivity index (χ2v) is 9.25. The smallest absolute Gasteiger partial charge is 0.323 e. The van der Waals surface area contributed by atoms with E-state index < -0.39 is 6.03 Å². The van der Waals surface area contributed by atoms with Crippen LogP contribution in [0.2, 0.25) is 0 Å². The molecule has 10 nitrogen and oxygen atoms in total. The summed E-state index contributed by atoms with van der Waals surface area (Å²) in [6.07, 6.45) is 0.692. The predicted molar refractivity (Wildman–Crippen MR) is 156 cm³/mol. The van der Waals surface area contributed by atoms with Crippen LogP contribution in [0.1, 0.15) is 22.3 Å². The van der Waals surface area contributed by atoms with Crippen LogP contribution in [0.15, 0.2) is 66.7 Å². The van der Waals surface area contributed by atoms with Crippen LogP contribution in [0.3, 0.4) is 0 Å². The van der Waals surface area contributed by atoms with Gasteiger partial charge in [-0.2, -0.15) is 5.26 Å². The van der Waals surface area contributed by atoms with Crippen LogP contribution in [-0.4, -0.2) is 65.5 Å². The molecule has 1 fully saturated rings. The third-order valence-electron chi connectivity index (χ3n) is 6.61. The number of anilines is 4. The van der Waals surface area contributed by atoms with Gasteiger partial charge in [-0.05, 0) is 55.0 Å². The van der Waals surface area contributed by atoms with Crippen molar-refractivity contribution in [2.75, 3.05) is 74.0 Å². The molecule has 0 unspecified atom stereocenters. The first-order valence-electron chi connectivity index (χ1n) is 13.1. The molecule has 0 atom stereocenters. The zero-order valence-corrected chi connectivity index (χ0v) is 22.8. The highest BCUT2D eigenvalue weighted by Crippen LogP contribution is 2.31. The number of rotatable bonds is 10. The Bertz CT molecular complexity index is 1360. The number of ether oxygens (including phenoxy) is 2. The van der Waals surface area contributed by atoms with Crippen LogP contribution < -0.4 is 30.5 Å². The summed E-state index contributed by atoms with van der Waals surface area (Å²) < 4.78 is 10.6. The van der Waals surface area contributed by atoms with Gasteiger partial charge in [0.2, 0.25) is 0 Å². The molecule has 0 aromatic heterocycles. The van der Waals surface area contributed by atoms with Gasteiger partial charge < -0.3 is 35.2 Å². The Morgan fingerprint density at radius 2 is 1.57 bits per heavy atom. The normalized spacial score (nSPS) is 12.8. The summed E-state index contributed by atoms with van der Waals surface area (Å²) in [7, 11) is 3.30. The van der Waals surface area contributed by atoms with Gasteiger partial charge in [-0.3, -0.25) is 4.79 Å². The van der Waals surface area contributed by atoms with E-state index in [9.17, 15) is 9.59 Å². The molecule has 3 aromatic carbocycles. The highest BCUT2D eigenvalue weighted by molar-refractivity contribution is 6.04. The van der Waals surface area contributed by atoms with E-state index >= 15 is 0 Å². The van der Waals surface area contributed by atoms with Gasteiger partial charge in [0.25, 0.3) is 5.91 Å². The Hall–Kier alpha value is -4.75. The van der Waals surface area contributed by atoms with E-state index in [4.69, 9.17) is 14.7 Å². The molecule has 208 valence electrons. The third-order valence-corrected chi connectivity index (χ3v) is 6.61. The lowest BCUT2D eigenvalue weighted by Crippen LogP contribution is -2.47. The first-order valence-corrected chi connectivity index (χ1v) is 13.1. The lowest BCUT2D eigenvalue weighted by Gasteiger charge is -2.38. The van der Waals surface area contributed by atoms with Crippen molar-refractivity contribution in [1.82, 2.24) is 5.32 Å². The molecule has 10 heteroatoms. The Labute approximate surface area is 234 Å². The maximum atomic E-state index is 13.3. The van der Waals surface area contributed by atoms with Gasteiger partial charge in [-0.15, -0.1) is 0 Å². The number of methoxy groups -OCH3 is 2. The molecule has 1 aliphatic rings. The fraction of sp³-hybridized carbons (Fsp3) is 0.300. The summed E-state index contributed by atoms with van der Waals surface area (Å²) in [5.41, 5.74) is 3.75. The van der Waals surface area contributed by atoms with E-state index in [1.54, 1.807) is 50.6 Å². The number of nitrogens with zero attached hydrogens (tertiary/aromatic N) is 3. The lowest BCUT2D eigenvalue weighted by molar-refractivity contribution is 0.0949. The van der Waals surface area contributed by atoms with Gasteiger partial charge in [0.15, 0.2) is 0 Å². The SMILES string of the molecule is COCCCNC(=O)c1cc(NC(=O)Nc2cccc(C#N)c2)ccc1N1CCN(c2ccccc2OC)CC1. The van der Waals surface area contributed by atoms with Crippen LogP contribution in [-0.2, 0) is 4.74 Å². The van der Waals surface area contributed by atoms with E-state index in [0.29, 0.717) is 55.2 Å². The third kappa shape index (κ3) is 7.21. The molecule has 0 aliphatic carbocycles. The van der Waals surface area contributed by atoms with Crippen molar-refractivity contribution in [3.8, 4) is 11.8 Å². The predicted octanol–water partition coefficient (Wildman–Crippen LogP) is 4.30. The van der Waals surface area contributed by atoms with Crippen molar-refractivity contribution in [3.63, 3.8) is 0 Å². The van der Waals surface area contributed by atoms with E-state index in [1.165, 1.54) is 0 Å². The standard InChI is InChI=1S/C30H34N6O4/c1-39-18-6-13-32-29(37)25-20-24(34-30(38)33-23-8-5-7-22(19-23)21-31)11-12-26(25)35-14-16-36(17-15-35)27-9-3-4-10-28(27)40-2/h3-5,7-12,19-20H,6,13-18H2,1-2H3,(H,32,37)(H2,33,34,38). The van der Waals surface area contributed by atoms with Crippen molar-refractivity contribution in [2.24, 2.45) is 0 Å². The number of amides is 3. The van der Waals surface area contributed by atoms with Gasteiger partial charge in [0.05, 0.1) is 30.0 Å². The molecule has 0 spiro atoms. The number of hydrogen-bond acceptors (Lipinski definition) is 7. The van der Waals surface area contributed by atoms with Crippen molar-refractivity contribution in [3.05, 3.63) is 77.9 Å². The van der Waals surface area contributed by atoms with E-state index in [-0.39, 0.29) is 5.91 Å². The lowest BCUT2D eigenvalue weighted by atomic mass is 10.1. The van der Waals surface area contributed by atoms with E-state index in [1.807, 2.05) is 24.3 Å². The van der Waals surface area contributed by atoms with Gasteiger partial charge in [-0.1, -0.05) is 18.2 Å². The fourth-order valence-electron chi connectivity index (χ4n) is 4.62. The highest BCUT2D eigenvalue weighted by atomic mass is 16.5. The van der Waals surface area contributed by atoms with Gasteiger partial charge in [0, 0.05) is 63.5 Å². The molecule has 1 saturated heterocycles. The largest absolute Gasteiger partial charge is 0.495 e. The van der Waals surface area contributed by atoms with Crippen LogP contribution in [0.4, 0.5) is 27.5 Å². The fourth-order valence-corrected chi connectivity index (χ4v) is 4.62. The molecule has 40 heavy (non-hydrogen) atoms. The average Bonchev–Trinajstić information content (AvgIpc) is 2.99. The summed E-state index contributed by atoms with van der Waals surface area (Å²) in [6.45, 7) is 3.97. The number of nitrogens with one attached hydrogen (secondary N) is 3. The molecule has 3 amide bonds. The quantitative estimate of drug-likeness (QED) is 0.327. The van der Waals surface area contributed by atoms with Crippen molar-refractivity contribution >= 4 is 34.7 Å². The molecule has 0 saturated carbocycles. The zero-order chi connectivity index (χ0) is 28.3. The Kier molecular flexibility index (Phi) is 9.80. The summed E-state index contributed by atoms with van der Waals surface area (Å²) in [6, 6.07) is 21.5. The Morgan fingerprint density at radius 1 is 0.875 bits per heavy atom. The number of carbonyl (C=O) groups excluding carboxylic acids is 2. The van der Waals surface area contributed by atoms with E-state index in [0.717, 1.165) is 30.2 Å². The second kappa shape index (κ2) is 13.9. The summed E-state index contributed by atoms with van der Waals surface area (Å²) in [4.78, 5) is 30.4. The minimum absolute atomic E-state index is 0.218. The van der Waals surface area contributed by atoms with Crippen molar-refractivity contribution < 1.29 is 19.1 Å². The molecule has 3 aromatic rings. The molecule has 0 radical (unpaired) electrons. The summed E-state index contributed by atoms with van der Waals surface area (Å²) in [5, 5.41) is 17.6. The van der Waals surface area contributed by atoms with Crippen LogP contribution >= 0.6 is 0 Å². The molecule has 3 N–H and O–H groups in total. The number of carbonyl (C=O) groups is 2. The monoisotopic (exact) mass is 542 g/mol. The molecular formula is C30H34N6O4. The first-order chi connectivity index (χ1) is 19.5. The zero-order valence-electron chi connectivity index (χ0n) is 22.8. The van der Waals surface area contributed by atoms with Gasteiger partial charge in [-0.25, -0.2) is 4.79 Å². The topological polar surface area (TPSA) is 119 Å². The van der Waals surface area contributed by atoms with Crippen LogP contribution in [0, 0.1) is 11.3 Å². The molecule has 0 bridgehead atoms. The van der Waals surface area contributed by atoms with Crippen LogP contribution in [0.25, 0.3) is 0 Å². The average molecular weight is 543 g/mol. The van der Waals surface area contributed by atoms with E-state index in [2.05, 4.69) is 37.9 Å². The number of benzene rings is 3. The van der Waals surface area contributed by atoms with Gasteiger partial charge in [0.1, 0.15) is 5.75 Å². The number of para-hydroxylation sites is 2. The van der Waals surface area contributed by atoms with Crippen LogP contribution in [0.5, 0.6) is 5.75 Å².